The standard InChI is InChI=1S/C13H13ClN2O2S/c1-16(10-11-6-3-2-4-7-11)19(17,18)12-8-5-9-15-13(12)14/h2-9H,10H2,1H3. The second kappa shape index (κ2) is 5.69. The molecule has 2 aromatic rings. The number of sulfonamides is 1. The highest BCUT2D eigenvalue weighted by Crippen LogP contribution is 2.22. The number of halogens is 1. The van der Waals surface area contributed by atoms with Crippen molar-refractivity contribution in [3.8, 4) is 0 Å². The molecule has 0 aliphatic carbocycles. The molecule has 0 spiro atoms. The normalized spacial score (nSPS) is 11.7. The highest BCUT2D eigenvalue weighted by molar-refractivity contribution is 7.89. The van der Waals surface area contributed by atoms with Crippen molar-refractivity contribution in [1.29, 1.82) is 0 Å². The summed E-state index contributed by atoms with van der Waals surface area (Å²) in [5.41, 5.74) is 0.911. The molecule has 4 nitrogen and oxygen atoms in total. The molecular weight excluding hydrogens is 284 g/mol. The molecule has 0 radical (unpaired) electrons. The summed E-state index contributed by atoms with van der Waals surface area (Å²) >= 11 is 5.84. The maximum Gasteiger partial charge on any atom is 0.246 e. The third-order valence-electron chi connectivity index (χ3n) is 2.66. The smallest absolute Gasteiger partial charge is 0.243 e. The van der Waals surface area contributed by atoms with E-state index < -0.39 is 10.0 Å². The summed E-state index contributed by atoms with van der Waals surface area (Å²) in [5.74, 6) is 0. The maximum absolute atomic E-state index is 12.4. The first-order valence-corrected chi connectivity index (χ1v) is 7.44. The molecule has 1 aromatic heterocycles. The second-order valence-corrected chi connectivity index (χ2v) is 6.41. The van der Waals surface area contributed by atoms with E-state index in [2.05, 4.69) is 4.98 Å². The predicted octanol–water partition coefficient (Wildman–Crippen LogP) is 2.56. The number of rotatable bonds is 4. The number of pyridine rings is 1. The molecule has 100 valence electrons. The summed E-state index contributed by atoms with van der Waals surface area (Å²) in [7, 11) is -2.11. The Morgan fingerprint density at radius 2 is 1.84 bits per heavy atom. The molecule has 0 N–H and O–H groups in total. The van der Waals surface area contributed by atoms with Crippen LogP contribution in [0.15, 0.2) is 53.6 Å². The van der Waals surface area contributed by atoms with Gasteiger partial charge in [0.1, 0.15) is 10.0 Å². The quantitative estimate of drug-likeness (QED) is 0.815. The average molecular weight is 297 g/mol. The summed E-state index contributed by atoms with van der Waals surface area (Å²) < 4.78 is 26.0. The van der Waals surface area contributed by atoms with E-state index in [1.165, 1.54) is 23.6 Å². The van der Waals surface area contributed by atoms with Crippen LogP contribution in [0.4, 0.5) is 0 Å². The van der Waals surface area contributed by atoms with E-state index in [-0.39, 0.29) is 16.6 Å². The molecule has 0 atom stereocenters. The van der Waals surface area contributed by atoms with Gasteiger partial charge in [-0.25, -0.2) is 13.4 Å². The van der Waals surface area contributed by atoms with Gasteiger partial charge in [-0.2, -0.15) is 4.31 Å². The highest BCUT2D eigenvalue weighted by Gasteiger charge is 2.23. The Morgan fingerprint density at radius 3 is 2.47 bits per heavy atom. The Kier molecular flexibility index (Phi) is 4.19. The zero-order valence-electron chi connectivity index (χ0n) is 10.3. The van der Waals surface area contributed by atoms with E-state index in [4.69, 9.17) is 11.6 Å². The zero-order chi connectivity index (χ0) is 13.9. The van der Waals surface area contributed by atoms with Gasteiger partial charge in [-0.1, -0.05) is 41.9 Å². The predicted molar refractivity (Wildman–Crippen MR) is 74.3 cm³/mol. The van der Waals surface area contributed by atoms with Crippen LogP contribution in [0.1, 0.15) is 5.56 Å². The third-order valence-corrected chi connectivity index (χ3v) is 4.91. The average Bonchev–Trinajstić information content (AvgIpc) is 2.40. The monoisotopic (exact) mass is 296 g/mol. The molecule has 1 aromatic carbocycles. The third kappa shape index (κ3) is 3.12. The molecule has 0 aliphatic rings. The molecule has 0 amide bonds. The molecule has 6 heteroatoms. The number of hydrogen-bond acceptors (Lipinski definition) is 3. The lowest BCUT2D eigenvalue weighted by Crippen LogP contribution is -2.26. The van der Waals surface area contributed by atoms with Crippen LogP contribution < -0.4 is 0 Å². The fraction of sp³-hybridized carbons (Fsp3) is 0.154. The van der Waals surface area contributed by atoms with Gasteiger partial charge in [0.05, 0.1) is 0 Å². The maximum atomic E-state index is 12.4. The molecule has 19 heavy (non-hydrogen) atoms. The van der Waals surface area contributed by atoms with Crippen molar-refractivity contribution >= 4 is 21.6 Å². The van der Waals surface area contributed by atoms with Crippen molar-refractivity contribution in [3.63, 3.8) is 0 Å². The number of benzene rings is 1. The number of hydrogen-bond donors (Lipinski definition) is 0. The Bertz CT molecular complexity index is 659. The van der Waals surface area contributed by atoms with E-state index in [0.29, 0.717) is 0 Å². The Hall–Kier alpha value is -1.43. The van der Waals surface area contributed by atoms with Crippen molar-refractivity contribution in [2.75, 3.05) is 7.05 Å². The highest BCUT2D eigenvalue weighted by atomic mass is 35.5. The number of aromatic nitrogens is 1. The van der Waals surface area contributed by atoms with Crippen LogP contribution in [0, 0.1) is 0 Å². The SMILES string of the molecule is CN(Cc1ccccc1)S(=O)(=O)c1cccnc1Cl. The first kappa shape index (κ1) is 14.0. The van der Waals surface area contributed by atoms with E-state index in [1.54, 1.807) is 6.07 Å². The summed E-state index contributed by atoms with van der Waals surface area (Å²) in [6.45, 7) is 0.286. The molecule has 1 heterocycles. The van der Waals surface area contributed by atoms with Crippen LogP contribution in [0.2, 0.25) is 5.15 Å². The summed E-state index contributed by atoms with van der Waals surface area (Å²) in [4.78, 5) is 3.82. The molecule has 0 bridgehead atoms. The Balaban J connectivity index is 2.28. The van der Waals surface area contributed by atoms with Crippen LogP contribution in [-0.2, 0) is 16.6 Å². The van der Waals surface area contributed by atoms with Crippen molar-refractivity contribution in [2.24, 2.45) is 0 Å². The van der Waals surface area contributed by atoms with Crippen molar-refractivity contribution in [2.45, 2.75) is 11.4 Å². The molecular formula is C13H13ClN2O2S. The molecule has 0 saturated carbocycles. The molecule has 0 saturated heterocycles. The van der Waals surface area contributed by atoms with Gasteiger partial charge in [-0.05, 0) is 17.7 Å². The van der Waals surface area contributed by atoms with Gasteiger partial charge >= 0.3 is 0 Å². The van der Waals surface area contributed by atoms with E-state index in [9.17, 15) is 8.42 Å². The lowest BCUT2D eigenvalue weighted by atomic mass is 10.2. The topological polar surface area (TPSA) is 50.3 Å². The van der Waals surface area contributed by atoms with Crippen LogP contribution in [0.25, 0.3) is 0 Å². The molecule has 2 rings (SSSR count). The Morgan fingerprint density at radius 1 is 1.16 bits per heavy atom. The van der Waals surface area contributed by atoms with Crippen molar-refractivity contribution < 1.29 is 8.42 Å². The molecule has 0 fully saturated rings. The minimum Gasteiger partial charge on any atom is -0.243 e. The van der Waals surface area contributed by atoms with Crippen LogP contribution in [-0.4, -0.2) is 24.8 Å². The fourth-order valence-electron chi connectivity index (χ4n) is 1.66. The van der Waals surface area contributed by atoms with Crippen LogP contribution in [0.5, 0.6) is 0 Å². The number of nitrogens with zero attached hydrogens (tertiary/aromatic N) is 2. The molecule has 0 aliphatic heterocycles. The van der Waals surface area contributed by atoms with E-state index in [0.717, 1.165) is 5.56 Å². The largest absolute Gasteiger partial charge is 0.246 e. The van der Waals surface area contributed by atoms with Gasteiger partial charge in [0.15, 0.2) is 0 Å². The van der Waals surface area contributed by atoms with Gasteiger partial charge in [-0.15, -0.1) is 0 Å². The van der Waals surface area contributed by atoms with Crippen molar-refractivity contribution in [3.05, 3.63) is 59.4 Å². The van der Waals surface area contributed by atoms with Crippen LogP contribution >= 0.6 is 11.6 Å². The summed E-state index contributed by atoms with van der Waals surface area (Å²) in [6.07, 6.45) is 1.46. The summed E-state index contributed by atoms with van der Waals surface area (Å²) in [6, 6.07) is 12.4. The van der Waals surface area contributed by atoms with Crippen LogP contribution in [0.3, 0.4) is 0 Å². The fourth-order valence-corrected chi connectivity index (χ4v) is 3.24. The van der Waals surface area contributed by atoms with Gasteiger partial charge in [0.2, 0.25) is 10.0 Å². The zero-order valence-corrected chi connectivity index (χ0v) is 11.9. The minimum absolute atomic E-state index is 0.0117. The van der Waals surface area contributed by atoms with Crippen molar-refractivity contribution in [1.82, 2.24) is 9.29 Å². The lowest BCUT2D eigenvalue weighted by molar-refractivity contribution is 0.466. The van der Waals surface area contributed by atoms with Gasteiger partial charge in [0, 0.05) is 19.8 Å². The van der Waals surface area contributed by atoms with Gasteiger partial charge < -0.3 is 0 Å². The van der Waals surface area contributed by atoms with Gasteiger partial charge in [-0.3, -0.25) is 0 Å². The minimum atomic E-state index is -3.63. The van der Waals surface area contributed by atoms with E-state index in [1.807, 2.05) is 30.3 Å². The van der Waals surface area contributed by atoms with E-state index >= 15 is 0 Å². The first-order valence-electron chi connectivity index (χ1n) is 5.62. The lowest BCUT2D eigenvalue weighted by Gasteiger charge is -2.17. The first-order chi connectivity index (χ1) is 9.01. The second-order valence-electron chi connectivity index (χ2n) is 4.04. The Labute approximate surface area is 117 Å². The van der Waals surface area contributed by atoms with Gasteiger partial charge in [0.25, 0.3) is 0 Å². The summed E-state index contributed by atoms with van der Waals surface area (Å²) in [5, 5.41) is -0.0117. The molecule has 0 unspecified atom stereocenters.